The van der Waals surface area contributed by atoms with Gasteiger partial charge in [0.05, 0.1) is 18.6 Å². The van der Waals surface area contributed by atoms with Gasteiger partial charge in [0, 0.05) is 18.8 Å². The fourth-order valence-corrected chi connectivity index (χ4v) is 4.15. The van der Waals surface area contributed by atoms with Crippen molar-refractivity contribution < 1.29 is 17.9 Å². The van der Waals surface area contributed by atoms with Gasteiger partial charge in [-0.15, -0.1) is 0 Å². The molecule has 0 N–H and O–H groups in total. The fraction of sp³-hybridized carbons (Fsp3) is 0.375. The Kier molecular flexibility index (Phi) is 4.96. The van der Waals surface area contributed by atoms with Crippen LogP contribution in [0.15, 0.2) is 47.5 Å². The van der Waals surface area contributed by atoms with Crippen LogP contribution in [0.4, 0.5) is 0 Å². The largest absolute Gasteiger partial charge is 0.473 e. The van der Waals surface area contributed by atoms with Crippen LogP contribution in [-0.2, 0) is 10.0 Å². The minimum atomic E-state index is -3.50. The van der Waals surface area contributed by atoms with Crippen LogP contribution in [0.1, 0.15) is 12.8 Å². The van der Waals surface area contributed by atoms with Crippen LogP contribution in [0.3, 0.4) is 0 Å². The highest BCUT2D eigenvalue weighted by Crippen LogP contribution is 2.23. The third-order valence-electron chi connectivity index (χ3n) is 3.80. The lowest BCUT2D eigenvalue weighted by Gasteiger charge is -2.31. The predicted molar refractivity (Wildman–Crippen MR) is 87.4 cm³/mol. The molecule has 1 aliphatic heterocycles. The number of piperidine rings is 1. The van der Waals surface area contributed by atoms with Gasteiger partial charge in [-0.3, -0.25) is 0 Å². The van der Waals surface area contributed by atoms with Crippen molar-refractivity contribution in [2.75, 3.05) is 20.2 Å². The van der Waals surface area contributed by atoms with Crippen LogP contribution in [0.25, 0.3) is 0 Å². The summed E-state index contributed by atoms with van der Waals surface area (Å²) in [6.45, 7) is 0.785. The molecule has 2 heterocycles. The molecule has 3 rings (SSSR count). The molecule has 8 heteroatoms. The molecule has 2 aromatic rings. The molecule has 0 bridgehead atoms. The van der Waals surface area contributed by atoms with Gasteiger partial charge in [0.2, 0.25) is 15.9 Å². The Morgan fingerprint density at radius 3 is 2.75 bits per heavy atom. The topological polar surface area (TPSA) is 81.6 Å². The van der Waals surface area contributed by atoms with Crippen LogP contribution >= 0.6 is 0 Å². The Morgan fingerprint density at radius 2 is 2.00 bits per heavy atom. The van der Waals surface area contributed by atoms with E-state index in [0.717, 1.165) is 12.8 Å². The highest BCUT2D eigenvalue weighted by atomic mass is 32.2. The van der Waals surface area contributed by atoms with Crippen LogP contribution in [0, 0.1) is 0 Å². The minimum absolute atomic E-state index is 0.220. The third-order valence-corrected chi connectivity index (χ3v) is 5.68. The Labute approximate surface area is 141 Å². The molecule has 0 radical (unpaired) electrons. The van der Waals surface area contributed by atoms with Gasteiger partial charge in [0.25, 0.3) is 0 Å². The molecule has 0 saturated carbocycles. The van der Waals surface area contributed by atoms with E-state index < -0.39 is 10.0 Å². The Bertz CT molecular complexity index is 783. The summed E-state index contributed by atoms with van der Waals surface area (Å²) in [5.74, 6) is 0.380. The summed E-state index contributed by atoms with van der Waals surface area (Å²) >= 11 is 0. The van der Waals surface area contributed by atoms with E-state index in [1.54, 1.807) is 42.6 Å². The average Bonchev–Trinajstić information content (AvgIpc) is 2.63. The first-order valence-corrected chi connectivity index (χ1v) is 9.12. The van der Waals surface area contributed by atoms with Gasteiger partial charge in [0.15, 0.2) is 0 Å². The summed E-state index contributed by atoms with van der Waals surface area (Å²) in [7, 11) is -2.02. The summed E-state index contributed by atoms with van der Waals surface area (Å²) in [4.78, 5) is 8.33. The summed E-state index contributed by atoms with van der Waals surface area (Å²) in [6.07, 6.45) is 2.80. The molecule has 0 aliphatic carbocycles. The van der Waals surface area contributed by atoms with Crippen molar-refractivity contribution in [2.24, 2.45) is 0 Å². The molecular weight excluding hydrogens is 330 g/mol. The van der Waals surface area contributed by atoms with Gasteiger partial charge in [-0.05, 0) is 25.0 Å². The second-order valence-electron chi connectivity index (χ2n) is 5.44. The number of aromatic nitrogens is 2. The van der Waals surface area contributed by atoms with Gasteiger partial charge in [-0.25, -0.2) is 13.4 Å². The van der Waals surface area contributed by atoms with Gasteiger partial charge in [-0.2, -0.15) is 9.29 Å². The maximum absolute atomic E-state index is 12.7. The van der Waals surface area contributed by atoms with E-state index in [0.29, 0.717) is 23.9 Å². The quantitative estimate of drug-likeness (QED) is 0.817. The molecule has 0 spiro atoms. The number of sulfonamides is 1. The van der Waals surface area contributed by atoms with Crippen molar-refractivity contribution in [1.82, 2.24) is 14.3 Å². The maximum Gasteiger partial charge on any atom is 0.319 e. The number of ether oxygens (including phenoxy) is 2. The first-order chi connectivity index (χ1) is 11.6. The fourth-order valence-electron chi connectivity index (χ4n) is 2.62. The number of rotatable bonds is 5. The molecule has 24 heavy (non-hydrogen) atoms. The molecule has 1 saturated heterocycles. The van der Waals surface area contributed by atoms with E-state index in [-0.39, 0.29) is 12.1 Å². The minimum Gasteiger partial charge on any atom is -0.473 e. The lowest BCUT2D eigenvalue weighted by molar-refractivity contribution is 0.123. The summed E-state index contributed by atoms with van der Waals surface area (Å²) in [5.41, 5.74) is 0. The summed E-state index contributed by atoms with van der Waals surface area (Å²) in [5, 5.41) is 0. The molecule has 1 fully saturated rings. The number of hydrogen-bond acceptors (Lipinski definition) is 6. The zero-order valence-electron chi connectivity index (χ0n) is 13.3. The Balaban J connectivity index is 1.72. The number of benzene rings is 1. The number of methoxy groups -OCH3 is 1. The van der Waals surface area contributed by atoms with Gasteiger partial charge in [0.1, 0.15) is 6.10 Å². The van der Waals surface area contributed by atoms with Crippen molar-refractivity contribution in [1.29, 1.82) is 0 Å². The first kappa shape index (κ1) is 16.7. The number of nitrogens with zero attached hydrogens (tertiary/aromatic N) is 3. The molecule has 0 amide bonds. The second kappa shape index (κ2) is 7.14. The van der Waals surface area contributed by atoms with E-state index in [4.69, 9.17) is 9.47 Å². The molecule has 1 unspecified atom stereocenters. The molecule has 1 aromatic heterocycles. The van der Waals surface area contributed by atoms with Crippen LogP contribution in [0.5, 0.6) is 11.9 Å². The first-order valence-electron chi connectivity index (χ1n) is 7.68. The highest BCUT2D eigenvalue weighted by Gasteiger charge is 2.31. The lowest BCUT2D eigenvalue weighted by atomic mass is 10.1. The monoisotopic (exact) mass is 349 g/mol. The predicted octanol–water partition coefficient (Wildman–Crippen LogP) is 1.72. The van der Waals surface area contributed by atoms with Crippen molar-refractivity contribution >= 4 is 10.0 Å². The highest BCUT2D eigenvalue weighted by molar-refractivity contribution is 7.89. The number of hydrogen-bond donors (Lipinski definition) is 0. The van der Waals surface area contributed by atoms with E-state index in [1.807, 2.05) is 0 Å². The summed E-state index contributed by atoms with van der Waals surface area (Å²) in [6, 6.07) is 10.3. The third kappa shape index (κ3) is 3.65. The Morgan fingerprint density at radius 1 is 1.21 bits per heavy atom. The van der Waals surface area contributed by atoms with Crippen molar-refractivity contribution in [3.8, 4) is 11.9 Å². The van der Waals surface area contributed by atoms with Crippen molar-refractivity contribution in [2.45, 2.75) is 23.8 Å². The normalized spacial score (nSPS) is 19.0. The van der Waals surface area contributed by atoms with Crippen molar-refractivity contribution in [3.63, 3.8) is 0 Å². The molecule has 1 aromatic carbocycles. The molecule has 7 nitrogen and oxygen atoms in total. The van der Waals surface area contributed by atoms with E-state index >= 15 is 0 Å². The standard InChI is InChI=1S/C16H19N3O4S/c1-22-16-17-10-9-15(18-16)23-13-6-5-11-19(12-13)24(20,21)14-7-3-2-4-8-14/h2-4,7-10,13H,5-6,11-12H2,1H3. The smallest absolute Gasteiger partial charge is 0.319 e. The second-order valence-corrected chi connectivity index (χ2v) is 7.38. The lowest BCUT2D eigenvalue weighted by Crippen LogP contribution is -2.44. The molecule has 1 aliphatic rings. The van der Waals surface area contributed by atoms with E-state index in [1.165, 1.54) is 11.4 Å². The van der Waals surface area contributed by atoms with Gasteiger partial charge >= 0.3 is 6.01 Å². The van der Waals surface area contributed by atoms with Crippen LogP contribution in [0.2, 0.25) is 0 Å². The van der Waals surface area contributed by atoms with Crippen molar-refractivity contribution in [3.05, 3.63) is 42.6 Å². The molecule has 1 atom stereocenters. The van der Waals surface area contributed by atoms with Crippen LogP contribution in [-0.4, -0.2) is 49.0 Å². The van der Waals surface area contributed by atoms with E-state index in [2.05, 4.69) is 9.97 Å². The average molecular weight is 349 g/mol. The molecule has 128 valence electrons. The van der Waals surface area contributed by atoms with Crippen LogP contribution < -0.4 is 9.47 Å². The molecular formula is C16H19N3O4S. The zero-order valence-corrected chi connectivity index (χ0v) is 14.1. The van der Waals surface area contributed by atoms with Gasteiger partial charge < -0.3 is 9.47 Å². The SMILES string of the molecule is COc1nccc(OC2CCCN(S(=O)(=O)c3ccccc3)C2)n1. The Hall–Kier alpha value is -2.19. The zero-order chi connectivity index (χ0) is 17.0. The van der Waals surface area contributed by atoms with Gasteiger partial charge in [-0.1, -0.05) is 18.2 Å². The summed E-state index contributed by atoms with van der Waals surface area (Å²) < 4.78 is 37.7. The van der Waals surface area contributed by atoms with E-state index in [9.17, 15) is 8.42 Å². The maximum atomic E-state index is 12.7.